The molecule has 0 unspecified atom stereocenters. The van der Waals surface area contributed by atoms with Crippen LogP contribution in [0.25, 0.3) is 16.7 Å². The van der Waals surface area contributed by atoms with Gasteiger partial charge in [-0.25, -0.2) is 4.52 Å². The molecule has 0 saturated carbocycles. The minimum atomic E-state index is -0.464. The van der Waals surface area contributed by atoms with Crippen molar-refractivity contribution < 1.29 is 4.92 Å². The van der Waals surface area contributed by atoms with Crippen molar-refractivity contribution in [3.8, 4) is 0 Å². The van der Waals surface area contributed by atoms with Gasteiger partial charge in [-0.1, -0.05) is 0 Å². The summed E-state index contributed by atoms with van der Waals surface area (Å²) in [6.07, 6.45) is 1.60. The highest BCUT2D eigenvalue weighted by molar-refractivity contribution is 5.78. The number of non-ortho nitro benzene ring substituents is 1. The third-order valence-electron chi connectivity index (χ3n) is 2.28. The van der Waals surface area contributed by atoms with Gasteiger partial charge in [-0.3, -0.25) is 10.1 Å². The van der Waals surface area contributed by atoms with Gasteiger partial charge in [-0.05, 0) is 6.07 Å². The van der Waals surface area contributed by atoms with Crippen molar-refractivity contribution in [2.45, 2.75) is 0 Å². The molecule has 0 saturated heterocycles. The Morgan fingerprint density at radius 2 is 2.12 bits per heavy atom. The lowest BCUT2D eigenvalue weighted by Gasteiger charge is -1.98. The highest BCUT2D eigenvalue weighted by Crippen LogP contribution is 2.18. The maximum absolute atomic E-state index is 10.6. The number of fused-ring (bicyclic) bond motifs is 3. The molecule has 0 fully saturated rings. The molecule has 0 atom stereocenters. The van der Waals surface area contributed by atoms with Crippen molar-refractivity contribution in [1.29, 1.82) is 0 Å². The predicted octanol–water partition coefficient (Wildman–Crippen LogP) is 1.19. The summed E-state index contributed by atoms with van der Waals surface area (Å²) < 4.78 is 1.59. The van der Waals surface area contributed by atoms with Crippen LogP contribution >= 0.6 is 0 Å². The van der Waals surface area contributed by atoms with Gasteiger partial charge in [0.1, 0.15) is 5.52 Å². The third-order valence-corrected chi connectivity index (χ3v) is 2.28. The summed E-state index contributed by atoms with van der Waals surface area (Å²) in [7, 11) is 0. The van der Waals surface area contributed by atoms with Crippen LogP contribution in [0.3, 0.4) is 0 Å². The first-order chi connectivity index (χ1) is 7.75. The first-order valence-corrected chi connectivity index (χ1v) is 4.50. The summed E-state index contributed by atoms with van der Waals surface area (Å²) in [5, 5.41) is 22.5. The summed E-state index contributed by atoms with van der Waals surface area (Å²) in [5.41, 5.74) is 1.75. The highest BCUT2D eigenvalue weighted by Gasteiger charge is 2.09. The number of nitrogens with zero attached hydrogens (tertiary/aromatic N) is 5. The molecule has 0 amide bonds. The van der Waals surface area contributed by atoms with E-state index in [1.54, 1.807) is 22.8 Å². The zero-order valence-corrected chi connectivity index (χ0v) is 7.94. The van der Waals surface area contributed by atoms with E-state index in [1.807, 2.05) is 0 Å². The summed E-state index contributed by atoms with van der Waals surface area (Å²) in [6, 6.07) is 6.13. The number of benzene rings is 1. The Balaban J connectivity index is 2.41. The molecule has 16 heavy (non-hydrogen) atoms. The number of nitro groups is 1. The number of hydrogen-bond acceptors (Lipinski definition) is 5. The first-order valence-electron chi connectivity index (χ1n) is 4.50. The van der Waals surface area contributed by atoms with E-state index < -0.39 is 4.92 Å². The molecular formula is C9H5N5O2. The monoisotopic (exact) mass is 215 g/mol. The minimum Gasteiger partial charge on any atom is -0.258 e. The fraction of sp³-hybridized carbons (Fsp3) is 0. The van der Waals surface area contributed by atoms with E-state index in [0.29, 0.717) is 16.7 Å². The molecule has 78 valence electrons. The maximum atomic E-state index is 10.6. The quantitative estimate of drug-likeness (QED) is 0.449. The van der Waals surface area contributed by atoms with Crippen molar-refractivity contribution in [3.63, 3.8) is 0 Å². The minimum absolute atomic E-state index is 0.00620. The maximum Gasteiger partial charge on any atom is 0.271 e. The molecular weight excluding hydrogens is 210 g/mol. The van der Waals surface area contributed by atoms with Crippen LogP contribution in [-0.4, -0.2) is 24.7 Å². The van der Waals surface area contributed by atoms with Crippen LogP contribution in [0.1, 0.15) is 0 Å². The summed E-state index contributed by atoms with van der Waals surface area (Å²) in [5.74, 6) is 0. The van der Waals surface area contributed by atoms with Crippen LogP contribution in [0.4, 0.5) is 5.69 Å². The molecule has 0 aliphatic heterocycles. The number of hydrogen-bond donors (Lipinski definition) is 0. The number of nitro benzene ring substituents is 1. The standard InChI is InChI=1S/C9H5N5O2/c15-14(16)6-1-2-8-7(5-6)11-12-9-3-4-10-13(8)9/h1-5H. The van der Waals surface area contributed by atoms with Crippen LogP contribution in [0.2, 0.25) is 0 Å². The van der Waals surface area contributed by atoms with E-state index in [-0.39, 0.29) is 5.69 Å². The van der Waals surface area contributed by atoms with E-state index >= 15 is 0 Å². The Hall–Kier alpha value is -2.57. The molecule has 7 nitrogen and oxygen atoms in total. The second kappa shape index (κ2) is 2.96. The molecule has 3 aromatic rings. The largest absolute Gasteiger partial charge is 0.271 e. The lowest BCUT2D eigenvalue weighted by Crippen LogP contribution is -1.97. The average Bonchev–Trinajstić information content (AvgIpc) is 2.76. The molecule has 2 heterocycles. The van der Waals surface area contributed by atoms with Gasteiger partial charge in [0, 0.05) is 18.2 Å². The van der Waals surface area contributed by atoms with Crippen LogP contribution in [0.15, 0.2) is 30.5 Å². The summed E-state index contributed by atoms with van der Waals surface area (Å²) in [6.45, 7) is 0. The lowest BCUT2D eigenvalue weighted by atomic mass is 10.3. The van der Waals surface area contributed by atoms with Crippen molar-refractivity contribution in [1.82, 2.24) is 19.8 Å². The summed E-state index contributed by atoms with van der Waals surface area (Å²) in [4.78, 5) is 10.1. The van der Waals surface area contributed by atoms with Gasteiger partial charge in [0.2, 0.25) is 0 Å². The van der Waals surface area contributed by atoms with Gasteiger partial charge in [0.25, 0.3) is 5.69 Å². The molecule has 0 spiro atoms. The Kier molecular flexibility index (Phi) is 1.61. The molecule has 0 radical (unpaired) electrons. The van der Waals surface area contributed by atoms with Gasteiger partial charge in [0.15, 0.2) is 5.65 Å². The lowest BCUT2D eigenvalue weighted by molar-refractivity contribution is -0.384. The molecule has 7 heteroatoms. The Bertz CT molecular complexity index is 705. The van der Waals surface area contributed by atoms with E-state index in [9.17, 15) is 10.1 Å². The molecule has 2 aromatic heterocycles. The molecule has 1 aromatic carbocycles. The SMILES string of the molecule is O=[N+]([O-])c1ccc2c(c1)nnc1ccnn12. The van der Waals surface area contributed by atoms with Gasteiger partial charge < -0.3 is 0 Å². The zero-order valence-electron chi connectivity index (χ0n) is 7.94. The topological polar surface area (TPSA) is 86.2 Å². The Labute approximate surface area is 88.5 Å². The second-order valence-corrected chi connectivity index (χ2v) is 3.23. The molecule has 0 N–H and O–H groups in total. The normalized spacial score (nSPS) is 11.0. The van der Waals surface area contributed by atoms with Gasteiger partial charge in [-0.15, -0.1) is 10.2 Å². The number of rotatable bonds is 1. The molecule has 0 aliphatic carbocycles. The van der Waals surface area contributed by atoms with Crippen LogP contribution in [0, 0.1) is 10.1 Å². The summed E-state index contributed by atoms with van der Waals surface area (Å²) >= 11 is 0. The van der Waals surface area contributed by atoms with E-state index in [0.717, 1.165) is 0 Å². The second-order valence-electron chi connectivity index (χ2n) is 3.23. The van der Waals surface area contributed by atoms with Crippen LogP contribution < -0.4 is 0 Å². The van der Waals surface area contributed by atoms with Gasteiger partial charge >= 0.3 is 0 Å². The fourth-order valence-electron chi connectivity index (χ4n) is 1.55. The van der Waals surface area contributed by atoms with Gasteiger partial charge in [0.05, 0.1) is 16.6 Å². The van der Waals surface area contributed by atoms with E-state index in [1.165, 1.54) is 12.1 Å². The number of aromatic nitrogens is 4. The van der Waals surface area contributed by atoms with Crippen LogP contribution in [0.5, 0.6) is 0 Å². The van der Waals surface area contributed by atoms with Crippen molar-refractivity contribution >= 4 is 22.4 Å². The smallest absolute Gasteiger partial charge is 0.258 e. The zero-order chi connectivity index (χ0) is 11.1. The molecule has 3 rings (SSSR count). The Morgan fingerprint density at radius 3 is 2.94 bits per heavy atom. The van der Waals surface area contributed by atoms with Gasteiger partial charge in [-0.2, -0.15) is 5.10 Å². The fourth-order valence-corrected chi connectivity index (χ4v) is 1.55. The van der Waals surface area contributed by atoms with E-state index in [4.69, 9.17) is 0 Å². The van der Waals surface area contributed by atoms with Crippen molar-refractivity contribution in [2.24, 2.45) is 0 Å². The first kappa shape index (κ1) is 8.72. The van der Waals surface area contributed by atoms with Crippen LogP contribution in [-0.2, 0) is 0 Å². The average molecular weight is 215 g/mol. The van der Waals surface area contributed by atoms with Crippen molar-refractivity contribution in [3.05, 3.63) is 40.6 Å². The highest BCUT2D eigenvalue weighted by atomic mass is 16.6. The molecule has 0 bridgehead atoms. The predicted molar refractivity (Wildman–Crippen MR) is 54.9 cm³/mol. The van der Waals surface area contributed by atoms with Crippen molar-refractivity contribution in [2.75, 3.05) is 0 Å². The van der Waals surface area contributed by atoms with E-state index in [2.05, 4.69) is 15.3 Å². The Morgan fingerprint density at radius 1 is 1.25 bits per heavy atom. The molecule has 0 aliphatic rings. The third kappa shape index (κ3) is 1.11.